The fourth-order valence-electron chi connectivity index (χ4n) is 0.434. The van der Waals surface area contributed by atoms with Crippen LogP contribution in [0.25, 0.3) is 6.08 Å². The molecule has 1 heteroatoms. The lowest BCUT2D eigenvalue weighted by molar-refractivity contribution is 1.38. The first-order valence-corrected chi connectivity index (χ1v) is 2.07. The van der Waals surface area contributed by atoms with Crippen LogP contribution in [0.3, 0.4) is 0 Å². The zero-order chi connectivity index (χ0) is 5.11. The molecule has 0 aliphatic carbocycles. The zero-order valence-electron chi connectivity index (χ0n) is 3.81. The molecule has 0 amide bonds. The van der Waals surface area contributed by atoms with Gasteiger partial charge in [-0.25, -0.2) is 0 Å². The summed E-state index contributed by atoms with van der Waals surface area (Å²) in [6, 6.07) is 3.70. The summed E-state index contributed by atoms with van der Waals surface area (Å²) in [6.07, 6.45) is 3.07. The Morgan fingerprint density at radius 3 is 2.86 bits per heavy atom. The van der Waals surface area contributed by atoms with Crippen molar-refractivity contribution in [1.29, 1.82) is 0 Å². The van der Waals surface area contributed by atoms with Gasteiger partial charge < -0.3 is 4.98 Å². The van der Waals surface area contributed by atoms with Gasteiger partial charge in [0.2, 0.25) is 0 Å². The van der Waals surface area contributed by atoms with Gasteiger partial charge in [-0.3, -0.25) is 0 Å². The Morgan fingerprint density at radius 2 is 2.57 bits per heavy atom. The monoisotopic (exact) mass is 91.0 g/mol. The molecule has 0 unspecified atom stereocenters. The number of H-pyrrole nitrogens is 1. The molecular formula is C6H5N. The third-order valence-corrected chi connectivity index (χ3v) is 0.778. The third kappa shape index (κ3) is 0.712. The molecule has 0 atom stereocenters. The lowest BCUT2D eigenvalue weighted by Crippen LogP contribution is -1.61. The average molecular weight is 91.1 g/mol. The molecule has 1 N–H and O–H groups in total. The Balaban J connectivity index is 2.96. The van der Waals surface area contributed by atoms with Crippen molar-refractivity contribution in [1.82, 2.24) is 4.98 Å². The molecule has 1 aromatic rings. The highest BCUT2D eigenvalue weighted by molar-refractivity contribution is 5.39. The molecule has 0 saturated carbocycles. The van der Waals surface area contributed by atoms with Crippen LogP contribution in [0, 0.1) is 6.58 Å². The van der Waals surface area contributed by atoms with E-state index in [-0.39, 0.29) is 0 Å². The predicted octanol–water partition coefficient (Wildman–Crippen LogP) is 1.34. The number of aromatic amines is 1. The second kappa shape index (κ2) is 1.65. The van der Waals surface area contributed by atoms with Gasteiger partial charge in [0.1, 0.15) is 0 Å². The Kier molecular flexibility index (Phi) is 0.984. The lowest BCUT2D eigenvalue weighted by atomic mass is 10.4. The highest BCUT2D eigenvalue weighted by atomic mass is 14.7. The standard InChI is InChI=1S/C6H5N/c1-2-6-4-3-5-7-6/h2-5,7H. The fraction of sp³-hybridized carbons (Fsp3) is 0. The summed E-state index contributed by atoms with van der Waals surface area (Å²) < 4.78 is 0. The minimum atomic E-state index is 0.847. The van der Waals surface area contributed by atoms with E-state index in [2.05, 4.69) is 4.98 Å². The first-order chi connectivity index (χ1) is 3.43. The highest BCUT2D eigenvalue weighted by Crippen LogP contribution is 1.92. The SMILES string of the molecule is [C]=Cc1ccc[nH]1. The molecule has 0 aliphatic rings. The van der Waals surface area contributed by atoms with Gasteiger partial charge in [-0.1, -0.05) is 0 Å². The van der Waals surface area contributed by atoms with Crippen LogP contribution in [0.4, 0.5) is 0 Å². The molecule has 0 aromatic carbocycles. The van der Waals surface area contributed by atoms with Gasteiger partial charge in [-0.05, 0) is 24.8 Å². The van der Waals surface area contributed by atoms with Crippen LogP contribution in [-0.4, -0.2) is 4.98 Å². The second-order valence-electron chi connectivity index (χ2n) is 1.27. The fourth-order valence-corrected chi connectivity index (χ4v) is 0.434. The van der Waals surface area contributed by atoms with Crippen LogP contribution in [0.15, 0.2) is 18.3 Å². The van der Waals surface area contributed by atoms with E-state index >= 15 is 0 Å². The largest absolute Gasteiger partial charge is 0.362 e. The summed E-state index contributed by atoms with van der Waals surface area (Å²) in [4.78, 5) is 2.84. The van der Waals surface area contributed by atoms with Gasteiger partial charge >= 0.3 is 0 Å². The van der Waals surface area contributed by atoms with Gasteiger partial charge in [-0.15, -0.1) is 0 Å². The van der Waals surface area contributed by atoms with Gasteiger partial charge in [0.05, 0.1) is 0 Å². The predicted molar refractivity (Wildman–Crippen MR) is 28.5 cm³/mol. The molecule has 0 fully saturated rings. The van der Waals surface area contributed by atoms with Crippen molar-refractivity contribution in [2.24, 2.45) is 0 Å². The lowest BCUT2D eigenvalue weighted by Gasteiger charge is -1.74. The number of hydrogen-bond donors (Lipinski definition) is 1. The summed E-state index contributed by atoms with van der Waals surface area (Å²) in [5, 5.41) is 0. The van der Waals surface area contributed by atoms with E-state index in [1.54, 1.807) is 6.20 Å². The second-order valence-corrected chi connectivity index (χ2v) is 1.27. The first-order valence-electron chi connectivity index (χ1n) is 2.07. The van der Waals surface area contributed by atoms with Crippen molar-refractivity contribution in [3.8, 4) is 0 Å². The van der Waals surface area contributed by atoms with Crippen LogP contribution >= 0.6 is 0 Å². The summed E-state index contributed by atoms with van der Waals surface area (Å²) in [7, 11) is 0. The number of aromatic nitrogens is 1. The van der Waals surface area contributed by atoms with Crippen LogP contribution in [0.2, 0.25) is 0 Å². The molecule has 0 saturated heterocycles. The Hall–Kier alpha value is -0.980. The highest BCUT2D eigenvalue weighted by Gasteiger charge is 1.76. The van der Waals surface area contributed by atoms with Crippen LogP contribution < -0.4 is 0 Å². The zero-order valence-corrected chi connectivity index (χ0v) is 3.81. The Morgan fingerprint density at radius 1 is 1.71 bits per heavy atom. The smallest absolute Gasteiger partial charge is 0.0386 e. The molecule has 1 rings (SSSR count). The van der Waals surface area contributed by atoms with E-state index in [1.807, 2.05) is 12.1 Å². The van der Waals surface area contributed by atoms with Gasteiger partial charge in [0.15, 0.2) is 0 Å². The first kappa shape index (κ1) is 4.19. The van der Waals surface area contributed by atoms with Crippen LogP contribution in [0.1, 0.15) is 5.69 Å². The maximum absolute atomic E-state index is 6.70. The maximum Gasteiger partial charge on any atom is 0.0386 e. The summed E-state index contributed by atoms with van der Waals surface area (Å²) >= 11 is 0. The number of nitrogens with one attached hydrogen (secondary N) is 1. The molecule has 0 spiro atoms. The van der Waals surface area contributed by atoms with E-state index in [1.165, 1.54) is 6.08 Å². The van der Waals surface area contributed by atoms with Crippen molar-refractivity contribution < 1.29 is 0 Å². The van der Waals surface area contributed by atoms with Gasteiger partial charge in [0, 0.05) is 11.9 Å². The van der Waals surface area contributed by atoms with Crippen molar-refractivity contribution in [3.05, 3.63) is 30.6 Å². The van der Waals surface area contributed by atoms with E-state index in [0.717, 1.165) is 5.69 Å². The molecule has 1 aromatic heterocycles. The van der Waals surface area contributed by atoms with Crippen molar-refractivity contribution in [3.63, 3.8) is 0 Å². The Bertz CT molecular complexity index is 139. The number of rotatable bonds is 1. The maximum atomic E-state index is 6.70. The summed E-state index contributed by atoms with van der Waals surface area (Å²) in [5.74, 6) is 0. The van der Waals surface area contributed by atoms with Crippen LogP contribution in [-0.2, 0) is 0 Å². The molecule has 2 radical (unpaired) electrons. The molecule has 1 nitrogen and oxygen atoms in total. The average Bonchev–Trinajstić information content (AvgIpc) is 2.14. The van der Waals surface area contributed by atoms with Gasteiger partial charge in [-0.2, -0.15) is 0 Å². The molecule has 0 bridgehead atoms. The quantitative estimate of drug-likeness (QED) is 0.536. The van der Waals surface area contributed by atoms with Crippen molar-refractivity contribution >= 4 is 6.08 Å². The van der Waals surface area contributed by atoms with Crippen molar-refractivity contribution in [2.75, 3.05) is 0 Å². The Labute approximate surface area is 42.7 Å². The van der Waals surface area contributed by atoms with E-state index in [0.29, 0.717) is 0 Å². The molecule has 34 valence electrons. The molecular weight excluding hydrogens is 86.1 g/mol. The molecule has 0 aliphatic heterocycles. The molecule has 7 heavy (non-hydrogen) atoms. The minimum Gasteiger partial charge on any atom is -0.362 e. The normalized spacial score (nSPS) is 8.57. The molecule has 1 heterocycles. The summed E-state index contributed by atoms with van der Waals surface area (Å²) in [5.41, 5.74) is 0.847. The van der Waals surface area contributed by atoms with Gasteiger partial charge in [0.25, 0.3) is 0 Å². The summed E-state index contributed by atoms with van der Waals surface area (Å²) in [6.45, 7) is 6.70. The number of hydrogen-bond acceptors (Lipinski definition) is 0. The van der Waals surface area contributed by atoms with E-state index in [4.69, 9.17) is 6.58 Å². The van der Waals surface area contributed by atoms with E-state index < -0.39 is 0 Å². The van der Waals surface area contributed by atoms with E-state index in [9.17, 15) is 0 Å². The third-order valence-electron chi connectivity index (χ3n) is 0.778. The van der Waals surface area contributed by atoms with Crippen molar-refractivity contribution in [2.45, 2.75) is 0 Å². The van der Waals surface area contributed by atoms with Crippen LogP contribution in [0.5, 0.6) is 0 Å². The minimum absolute atomic E-state index is 0.847. The topological polar surface area (TPSA) is 15.8 Å².